The molecule has 8 N–H and O–H groups in total. The summed E-state index contributed by atoms with van der Waals surface area (Å²) in [4.78, 5) is 75.6. The number of aromatic hydroxyl groups is 1. The Labute approximate surface area is 338 Å². The molecule has 0 fully saturated rings. The third-order valence-electron chi connectivity index (χ3n) is 9.23. The SMILES string of the molecule is CC(=O)N/C=C/CCCCNC(=O)C(CCCCNC(=O)c1ccc(S(N)(=O)=O)cc1)NC(=O)c1ccc(-c2c3ccc(=O)cc-3oc3cc(O)ccc23)c(C(=O)O)c1. The van der Waals surface area contributed by atoms with Crippen LogP contribution < -0.4 is 31.8 Å². The zero-order chi connectivity index (χ0) is 42.7. The second-order valence-electron chi connectivity index (χ2n) is 13.6. The summed E-state index contributed by atoms with van der Waals surface area (Å²) in [6.45, 7) is 1.91. The fraction of sp³-hybridized carbons (Fsp3) is 0.238. The predicted molar refractivity (Wildman–Crippen MR) is 218 cm³/mol. The Morgan fingerprint density at radius 2 is 1.51 bits per heavy atom. The Bertz CT molecular complexity index is 2550. The number of sulfonamides is 1. The second kappa shape index (κ2) is 19.5. The van der Waals surface area contributed by atoms with Gasteiger partial charge in [0.15, 0.2) is 5.43 Å². The van der Waals surface area contributed by atoms with E-state index in [0.717, 1.165) is 0 Å². The molecule has 2 aliphatic rings. The summed E-state index contributed by atoms with van der Waals surface area (Å²) in [5.74, 6) is -3.10. The molecule has 1 heterocycles. The number of hydrogen-bond donors (Lipinski definition) is 7. The molecular weight excluding hydrogens is 783 g/mol. The summed E-state index contributed by atoms with van der Waals surface area (Å²) in [7, 11) is -3.92. The van der Waals surface area contributed by atoms with Gasteiger partial charge in [-0.25, -0.2) is 18.4 Å². The minimum Gasteiger partial charge on any atom is -0.508 e. The molecule has 16 nitrogen and oxygen atoms in total. The predicted octanol–water partition coefficient (Wildman–Crippen LogP) is 4.25. The van der Waals surface area contributed by atoms with Crippen LogP contribution in [0.1, 0.15) is 76.5 Å². The molecule has 3 aromatic rings. The monoisotopic (exact) mass is 825 g/mol. The van der Waals surface area contributed by atoms with Crippen LogP contribution in [0, 0.1) is 0 Å². The lowest BCUT2D eigenvalue weighted by Gasteiger charge is -2.20. The van der Waals surface area contributed by atoms with Crippen molar-refractivity contribution in [3.05, 3.63) is 118 Å². The van der Waals surface area contributed by atoms with Crippen molar-refractivity contribution in [1.29, 1.82) is 0 Å². The van der Waals surface area contributed by atoms with Gasteiger partial charge in [0.05, 0.1) is 10.5 Å². The number of carboxylic acids is 1. The summed E-state index contributed by atoms with van der Waals surface area (Å²) < 4.78 is 28.9. The highest BCUT2D eigenvalue weighted by Crippen LogP contribution is 2.42. The first-order chi connectivity index (χ1) is 28.1. The van der Waals surface area contributed by atoms with Gasteiger partial charge >= 0.3 is 5.97 Å². The molecule has 1 atom stereocenters. The molecule has 0 saturated heterocycles. The number of amides is 4. The molecule has 0 spiro atoms. The van der Waals surface area contributed by atoms with Crippen LogP contribution in [-0.2, 0) is 19.6 Å². The van der Waals surface area contributed by atoms with Crippen LogP contribution in [-0.4, -0.2) is 67.4 Å². The lowest BCUT2D eigenvalue weighted by molar-refractivity contribution is -0.123. The number of nitrogens with two attached hydrogens (primary N) is 1. The summed E-state index contributed by atoms with van der Waals surface area (Å²) in [6.07, 6.45) is 6.29. The van der Waals surface area contributed by atoms with Gasteiger partial charge in [-0.3, -0.25) is 24.0 Å². The number of fused-ring (bicyclic) bond motifs is 2. The second-order valence-corrected chi connectivity index (χ2v) is 15.2. The first-order valence-electron chi connectivity index (χ1n) is 18.6. The zero-order valence-corrected chi connectivity index (χ0v) is 32.8. The molecule has 0 saturated carbocycles. The number of carboxylic acid groups (broad SMARTS) is 1. The van der Waals surface area contributed by atoms with Crippen LogP contribution in [0.4, 0.5) is 0 Å². The maximum Gasteiger partial charge on any atom is 0.336 e. The molecule has 1 aliphatic carbocycles. The largest absolute Gasteiger partial charge is 0.508 e. The number of phenolic OH excluding ortho intramolecular Hbond substituents is 1. The lowest BCUT2D eigenvalue weighted by atomic mass is 9.89. The molecule has 3 aromatic carbocycles. The van der Waals surface area contributed by atoms with E-state index in [1.54, 1.807) is 18.3 Å². The van der Waals surface area contributed by atoms with Crippen molar-refractivity contribution in [2.75, 3.05) is 13.1 Å². The summed E-state index contributed by atoms with van der Waals surface area (Å²) >= 11 is 0. The first-order valence-corrected chi connectivity index (χ1v) is 20.2. The summed E-state index contributed by atoms with van der Waals surface area (Å²) in [5, 5.41) is 36.9. The van der Waals surface area contributed by atoms with E-state index in [1.165, 1.54) is 79.7 Å². The number of carbonyl (C=O) groups excluding carboxylic acids is 4. The Kier molecular flexibility index (Phi) is 14.3. The molecule has 0 bridgehead atoms. The fourth-order valence-corrected chi connectivity index (χ4v) is 6.81. The van der Waals surface area contributed by atoms with Gasteiger partial charge in [-0.1, -0.05) is 12.1 Å². The van der Waals surface area contributed by atoms with E-state index in [0.29, 0.717) is 55.2 Å². The van der Waals surface area contributed by atoms with Gasteiger partial charge in [-0.2, -0.15) is 0 Å². The van der Waals surface area contributed by atoms with Crippen LogP contribution in [0.2, 0.25) is 0 Å². The molecule has 1 aliphatic heterocycles. The summed E-state index contributed by atoms with van der Waals surface area (Å²) in [6, 6.07) is 16.6. The number of aromatic carboxylic acids is 1. The Morgan fingerprint density at radius 1 is 0.814 bits per heavy atom. The molecular formula is C42H43N5O11S. The van der Waals surface area contributed by atoms with Gasteiger partial charge in [-0.15, -0.1) is 0 Å². The minimum atomic E-state index is -3.92. The maximum atomic E-state index is 13.7. The van der Waals surface area contributed by atoms with Gasteiger partial charge in [-0.05, 0) is 111 Å². The van der Waals surface area contributed by atoms with Crippen molar-refractivity contribution in [1.82, 2.24) is 21.3 Å². The van der Waals surface area contributed by atoms with Crippen LogP contribution >= 0.6 is 0 Å². The molecule has 59 heavy (non-hydrogen) atoms. The zero-order valence-electron chi connectivity index (χ0n) is 31.9. The number of carbonyl (C=O) groups is 5. The molecule has 0 aromatic heterocycles. The van der Waals surface area contributed by atoms with Crippen molar-refractivity contribution >= 4 is 50.6 Å². The third kappa shape index (κ3) is 11.6. The number of allylic oxidation sites excluding steroid dienone is 1. The molecule has 4 amide bonds. The number of unbranched alkanes of at least 4 members (excludes halogenated alkanes) is 3. The number of rotatable bonds is 18. The van der Waals surface area contributed by atoms with Crippen LogP contribution in [0.3, 0.4) is 0 Å². The quantitative estimate of drug-likeness (QED) is 0.0485. The topological polar surface area (TPSA) is 264 Å². The van der Waals surface area contributed by atoms with Gasteiger partial charge in [0, 0.05) is 59.8 Å². The van der Waals surface area contributed by atoms with E-state index in [4.69, 9.17) is 9.56 Å². The van der Waals surface area contributed by atoms with Gasteiger partial charge in [0.2, 0.25) is 21.8 Å². The first kappa shape index (κ1) is 43.3. The van der Waals surface area contributed by atoms with Gasteiger partial charge < -0.3 is 35.9 Å². The van der Waals surface area contributed by atoms with Crippen molar-refractivity contribution in [2.45, 2.75) is 56.4 Å². The molecule has 5 rings (SSSR count). The fourth-order valence-electron chi connectivity index (χ4n) is 6.30. The van der Waals surface area contributed by atoms with E-state index in [9.17, 15) is 47.4 Å². The van der Waals surface area contributed by atoms with E-state index >= 15 is 0 Å². The van der Waals surface area contributed by atoms with Crippen molar-refractivity contribution < 1.29 is 47.0 Å². The summed E-state index contributed by atoms with van der Waals surface area (Å²) in [5.41, 5.74) is 0.849. The average Bonchev–Trinajstić information content (AvgIpc) is 3.19. The van der Waals surface area contributed by atoms with E-state index in [2.05, 4.69) is 21.3 Å². The number of hydrogen-bond acceptors (Lipinski definition) is 10. The highest BCUT2D eigenvalue weighted by molar-refractivity contribution is 7.89. The Hall–Kier alpha value is -6.85. The van der Waals surface area contributed by atoms with Crippen molar-refractivity contribution in [3.8, 4) is 28.2 Å². The molecule has 1 unspecified atom stereocenters. The van der Waals surface area contributed by atoms with E-state index in [1.807, 2.05) is 0 Å². The molecule has 0 radical (unpaired) electrons. The minimum absolute atomic E-state index is 0.0376. The van der Waals surface area contributed by atoms with Crippen molar-refractivity contribution in [3.63, 3.8) is 0 Å². The standard InChI is InChI=1S/C42H43N5O11S/c1-25(48)44-19-5-2-3-6-20-46-41(53)35(8-4-7-21-45-39(51)26-9-14-30(15-10-26)59(43,56)57)47-40(52)27-11-16-31(34(22-27)42(54)55)38-32-17-12-28(49)23-36(32)58-37-24-29(50)13-18-33(37)38/h5,9-19,22-24,35,49H,2-4,6-8,20-21H2,1H3,(H,44,48)(H,45,51)(H,46,53)(H,47,52)(H,54,55)(H2,43,56,57)/b19-5+. The van der Waals surface area contributed by atoms with Crippen LogP contribution in [0.15, 0.2) is 105 Å². The van der Waals surface area contributed by atoms with Gasteiger partial charge in [0.25, 0.3) is 11.8 Å². The Balaban J connectivity index is 1.31. The highest BCUT2D eigenvalue weighted by Gasteiger charge is 2.25. The number of benzene rings is 4. The van der Waals surface area contributed by atoms with E-state index < -0.39 is 39.8 Å². The normalized spacial score (nSPS) is 12.0. The van der Waals surface area contributed by atoms with Crippen molar-refractivity contribution in [2.24, 2.45) is 5.14 Å². The van der Waals surface area contributed by atoms with E-state index in [-0.39, 0.29) is 68.5 Å². The van der Waals surface area contributed by atoms with Crippen LogP contribution in [0.5, 0.6) is 5.75 Å². The molecule has 17 heteroatoms. The maximum absolute atomic E-state index is 13.7. The number of nitrogens with one attached hydrogen (secondary N) is 4. The lowest BCUT2D eigenvalue weighted by Crippen LogP contribution is -2.47. The van der Waals surface area contributed by atoms with Gasteiger partial charge in [0.1, 0.15) is 23.1 Å². The number of primary sulfonamides is 1. The number of phenols is 1. The Morgan fingerprint density at radius 3 is 2.22 bits per heavy atom. The highest BCUT2D eigenvalue weighted by atomic mass is 32.2. The average molecular weight is 826 g/mol. The smallest absolute Gasteiger partial charge is 0.336 e. The third-order valence-corrected chi connectivity index (χ3v) is 10.2. The molecule has 308 valence electrons. The van der Waals surface area contributed by atoms with Crippen LogP contribution in [0.25, 0.3) is 33.4 Å².